The van der Waals surface area contributed by atoms with Crippen LogP contribution in [0, 0.1) is 56.3 Å². The molecule has 3 aromatic carbocycles. The van der Waals surface area contributed by atoms with Crippen molar-refractivity contribution in [1.29, 1.82) is 0 Å². The molecule has 0 amide bonds. The second-order valence-electron chi connectivity index (χ2n) is 23.4. The molecule has 0 saturated carbocycles. The first-order valence-corrected chi connectivity index (χ1v) is 29.5. The summed E-state index contributed by atoms with van der Waals surface area (Å²) in [5.41, 5.74) is 10.5. The highest BCUT2D eigenvalue weighted by Crippen LogP contribution is 2.41. The quantitative estimate of drug-likeness (QED) is 0.0987. The Labute approximate surface area is 460 Å². The van der Waals surface area contributed by atoms with E-state index in [-0.39, 0.29) is 11.9 Å². The summed E-state index contributed by atoms with van der Waals surface area (Å²) in [4.78, 5) is 35.7. The van der Waals surface area contributed by atoms with Gasteiger partial charge in [0.2, 0.25) is 0 Å². The monoisotopic (exact) mass is 1040 g/mol. The van der Waals surface area contributed by atoms with Crippen molar-refractivity contribution in [3.05, 3.63) is 143 Å². The van der Waals surface area contributed by atoms with E-state index in [1.165, 1.54) is 110 Å². The SMILES string of the molecule is CCC(=O)Cc1coc2ccc(C)cc12.CCC1CC2C=CC1N(C)C2.CCC1CC2C=CC1N([C@@H](CC)Cc1coc3ccc(C)cc13)C2.CCC1CC2C=CC1N([C@H](CC)Cc1coc3ccc(C)cc13)C2.O=C=O. The van der Waals surface area contributed by atoms with E-state index in [1.54, 1.807) is 6.26 Å². The van der Waals surface area contributed by atoms with Crippen molar-refractivity contribution in [2.24, 2.45) is 35.5 Å². The maximum absolute atomic E-state index is 11.4. The second kappa shape index (κ2) is 26.9. The van der Waals surface area contributed by atoms with Crippen molar-refractivity contribution in [3.63, 3.8) is 0 Å². The Morgan fingerprint density at radius 2 is 0.896 bits per heavy atom. The van der Waals surface area contributed by atoms with Gasteiger partial charge in [0.15, 0.2) is 0 Å². The highest BCUT2D eigenvalue weighted by atomic mass is 16.3. The van der Waals surface area contributed by atoms with Crippen molar-refractivity contribution >= 4 is 44.8 Å². The molecule has 6 aliphatic heterocycles. The molecular formula is C68H89N3O6. The molecule has 11 atom stereocenters. The van der Waals surface area contributed by atoms with Gasteiger partial charge in [-0.25, -0.2) is 0 Å². The molecule has 412 valence electrons. The number of hydrogen-bond donors (Lipinski definition) is 0. The van der Waals surface area contributed by atoms with Gasteiger partial charge in [0.25, 0.3) is 0 Å². The molecular weight excluding hydrogens is 955 g/mol. The lowest BCUT2D eigenvalue weighted by Crippen LogP contribution is -2.54. The number of benzene rings is 3. The number of ketones is 1. The molecule has 0 radical (unpaired) electrons. The van der Waals surface area contributed by atoms with Crippen LogP contribution in [0.5, 0.6) is 0 Å². The molecule has 9 unspecified atom stereocenters. The zero-order valence-corrected chi connectivity index (χ0v) is 48.1. The predicted molar refractivity (Wildman–Crippen MR) is 313 cm³/mol. The number of likely N-dealkylation sites (N-methyl/N-ethyl adjacent to an activating group) is 1. The Kier molecular flexibility index (Phi) is 20.1. The van der Waals surface area contributed by atoms with E-state index in [1.807, 2.05) is 38.5 Å². The van der Waals surface area contributed by atoms with Crippen molar-refractivity contribution < 1.29 is 27.6 Å². The van der Waals surface area contributed by atoms with E-state index in [0.717, 1.165) is 82.1 Å². The molecule has 0 spiro atoms. The number of rotatable bonds is 14. The van der Waals surface area contributed by atoms with Crippen LogP contribution in [0.15, 0.2) is 123 Å². The normalized spacial score (nSPS) is 25.8. The maximum atomic E-state index is 11.4. The Bertz CT molecular complexity index is 2870. The molecule has 15 rings (SSSR count). The van der Waals surface area contributed by atoms with Crippen LogP contribution in [0.3, 0.4) is 0 Å². The number of nitrogens with zero attached hydrogens (tertiary/aromatic N) is 3. The summed E-state index contributed by atoms with van der Waals surface area (Å²) in [6.45, 7) is 23.7. The van der Waals surface area contributed by atoms with Gasteiger partial charge in [0, 0.05) is 84.4 Å². The van der Waals surface area contributed by atoms with Gasteiger partial charge in [0.1, 0.15) is 22.5 Å². The summed E-state index contributed by atoms with van der Waals surface area (Å²) in [5.74, 6) is 5.24. The first kappa shape index (κ1) is 57.6. The van der Waals surface area contributed by atoms with Crippen LogP contribution < -0.4 is 0 Å². The highest BCUT2D eigenvalue weighted by Gasteiger charge is 2.41. The smallest absolute Gasteiger partial charge is 0.373 e. The molecule has 77 heavy (non-hydrogen) atoms. The highest BCUT2D eigenvalue weighted by molar-refractivity contribution is 5.89. The van der Waals surface area contributed by atoms with E-state index in [4.69, 9.17) is 22.8 Å². The van der Waals surface area contributed by atoms with Gasteiger partial charge in [-0.3, -0.25) is 19.5 Å². The molecule has 3 fully saturated rings. The molecule has 6 aromatic rings. The number of carbonyl (C=O) groups is 1. The van der Waals surface area contributed by atoms with Gasteiger partial charge in [-0.2, -0.15) is 9.59 Å². The minimum absolute atomic E-state index is 0.249. The standard InChI is InChI=1S/2C22H29NO.C13H14O2.C10H17N.CO2/c2*1-4-17-11-16-7-8-21(17)23(13-16)19(5-2)12-18-14-24-22-9-6-15(3)10-20(18)22;1-3-11(14)7-10-8-15-13-5-4-9(2)6-12(10)13;1-3-9-6-8-4-5-10(9)11(2)7-8;2-1-3/h2*6-10,14,16-17,19,21H,4-5,11-13H2,1-3H3;4-6,8H,3,7H2,1-2H3;4-5,8-10H,3,6-7H2,1-2H3;/t2*16?,17?,19-,21?;;;/m10.../s1. The van der Waals surface area contributed by atoms with Gasteiger partial charge in [-0.05, 0) is 156 Å². The van der Waals surface area contributed by atoms with E-state index in [9.17, 15) is 4.79 Å². The number of fused-ring (bicyclic) bond motifs is 9. The number of piperidine rings is 3. The minimum Gasteiger partial charge on any atom is -0.464 e. The summed E-state index contributed by atoms with van der Waals surface area (Å²) in [5, 5.41) is 3.67. The van der Waals surface area contributed by atoms with E-state index < -0.39 is 0 Å². The van der Waals surface area contributed by atoms with E-state index in [0.29, 0.717) is 37.0 Å². The molecule has 0 N–H and O–H groups in total. The molecule has 6 bridgehead atoms. The third-order valence-corrected chi connectivity index (χ3v) is 18.3. The Hall–Kier alpha value is -5.57. The summed E-state index contributed by atoms with van der Waals surface area (Å²) in [6, 6.07) is 22.3. The van der Waals surface area contributed by atoms with Crippen LogP contribution in [-0.2, 0) is 33.6 Å². The van der Waals surface area contributed by atoms with Crippen molar-refractivity contribution in [1.82, 2.24) is 14.7 Å². The Morgan fingerprint density at radius 3 is 1.23 bits per heavy atom. The Morgan fingerprint density at radius 1 is 0.532 bits per heavy atom. The van der Waals surface area contributed by atoms with Gasteiger partial charge in [-0.1, -0.05) is 132 Å². The van der Waals surface area contributed by atoms with Crippen LogP contribution in [0.1, 0.15) is 133 Å². The first-order valence-electron chi connectivity index (χ1n) is 29.5. The summed E-state index contributed by atoms with van der Waals surface area (Å²) in [7, 11) is 2.25. The molecule has 3 aliphatic carbocycles. The van der Waals surface area contributed by atoms with Gasteiger partial charge >= 0.3 is 6.15 Å². The zero-order chi connectivity index (χ0) is 54.8. The third kappa shape index (κ3) is 13.7. The summed E-state index contributed by atoms with van der Waals surface area (Å²) >= 11 is 0. The first-order chi connectivity index (χ1) is 37.3. The molecule has 9 nitrogen and oxygen atoms in total. The van der Waals surface area contributed by atoms with Crippen molar-refractivity contribution in [3.8, 4) is 0 Å². The molecule has 3 saturated heterocycles. The lowest BCUT2D eigenvalue weighted by Gasteiger charge is -2.49. The summed E-state index contributed by atoms with van der Waals surface area (Å²) < 4.78 is 17.0. The lowest BCUT2D eigenvalue weighted by atomic mass is 9.75. The number of hydrogen-bond acceptors (Lipinski definition) is 9. The predicted octanol–water partition coefficient (Wildman–Crippen LogP) is 15.3. The fraction of sp³-hybridized carbons (Fsp3) is 0.529. The molecule has 9 heterocycles. The fourth-order valence-electron chi connectivity index (χ4n) is 13.9. The van der Waals surface area contributed by atoms with Gasteiger partial charge in [0.05, 0.1) is 18.8 Å². The van der Waals surface area contributed by atoms with Gasteiger partial charge in [-0.15, -0.1) is 0 Å². The molecule has 9 heteroatoms. The number of carbonyl (C=O) groups excluding carboxylic acids is 3. The van der Waals surface area contributed by atoms with Crippen LogP contribution in [0.25, 0.3) is 32.9 Å². The average Bonchev–Trinajstić information content (AvgIpc) is 4.18. The number of Topliss-reactive ketones (excluding diaryl/α,β-unsaturated/α-hetero) is 1. The van der Waals surface area contributed by atoms with Crippen LogP contribution in [0.2, 0.25) is 0 Å². The largest absolute Gasteiger partial charge is 0.464 e. The van der Waals surface area contributed by atoms with Crippen LogP contribution >= 0.6 is 0 Å². The van der Waals surface area contributed by atoms with E-state index in [2.05, 4.69) is 149 Å². The summed E-state index contributed by atoms with van der Waals surface area (Å²) in [6.07, 6.45) is 34.5. The van der Waals surface area contributed by atoms with E-state index >= 15 is 0 Å². The van der Waals surface area contributed by atoms with Crippen LogP contribution in [-0.4, -0.2) is 83.5 Å². The lowest BCUT2D eigenvalue weighted by molar-refractivity contribution is -0.191. The number of aryl methyl sites for hydroxylation is 3. The molecule has 3 aromatic heterocycles. The minimum atomic E-state index is 0.249. The zero-order valence-electron chi connectivity index (χ0n) is 48.1. The van der Waals surface area contributed by atoms with Gasteiger partial charge < -0.3 is 13.3 Å². The Balaban J connectivity index is 0.000000139. The molecule has 9 aliphatic rings. The van der Waals surface area contributed by atoms with Crippen molar-refractivity contribution in [2.75, 3.05) is 26.7 Å². The van der Waals surface area contributed by atoms with Crippen molar-refractivity contribution in [2.45, 2.75) is 170 Å². The topological polar surface area (TPSA) is 100 Å². The average molecular weight is 1040 g/mol. The maximum Gasteiger partial charge on any atom is 0.373 e. The third-order valence-electron chi connectivity index (χ3n) is 18.3. The second-order valence-corrected chi connectivity index (χ2v) is 23.4. The fourth-order valence-corrected chi connectivity index (χ4v) is 13.9. The van der Waals surface area contributed by atoms with Crippen LogP contribution in [0.4, 0.5) is 0 Å². The number of furan rings is 3.